The molecule has 0 aliphatic carbocycles. The fourth-order valence-corrected chi connectivity index (χ4v) is 3.39. The molecule has 2 fully saturated rings. The summed E-state index contributed by atoms with van der Waals surface area (Å²) in [6.07, 6.45) is 5.58. The molecule has 3 rings (SSSR count). The van der Waals surface area contributed by atoms with Gasteiger partial charge in [0.05, 0.1) is 0 Å². The van der Waals surface area contributed by atoms with Crippen LogP contribution in [0.3, 0.4) is 0 Å². The lowest BCUT2D eigenvalue weighted by atomic mass is 10.0. The number of piperidine rings is 1. The van der Waals surface area contributed by atoms with Crippen molar-refractivity contribution in [3.05, 3.63) is 35.9 Å². The van der Waals surface area contributed by atoms with Crippen molar-refractivity contribution < 1.29 is 0 Å². The zero-order valence-electron chi connectivity index (χ0n) is 12.0. The molecule has 0 unspecified atom stereocenters. The molecule has 20 heavy (non-hydrogen) atoms. The van der Waals surface area contributed by atoms with Crippen LogP contribution in [0, 0.1) is 0 Å². The minimum absolute atomic E-state index is 0. The number of likely N-dealkylation sites (tertiary alicyclic amines) is 2. The largest absolute Gasteiger partial charge is 0.300 e. The van der Waals surface area contributed by atoms with Crippen LogP contribution in [0.25, 0.3) is 0 Å². The maximum absolute atomic E-state index is 2.72. The van der Waals surface area contributed by atoms with Crippen molar-refractivity contribution in [1.82, 2.24) is 9.80 Å². The Kier molecular flexibility index (Phi) is 7.90. The standard InChI is InChI=1S/C16H24N2.2ClH/c1-2-6-15(7-3-1)14-17-12-8-16(9-13-17)18-10-4-5-11-18;;/h1-3,6-7,16H,4-5,8-14H2;2*1H. The SMILES string of the molecule is Cl.Cl.c1ccc(CN2CCC(N3CCCC3)CC2)cc1. The van der Waals surface area contributed by atoms with Crippen molar-refractivity contribution in [1.29, 1.82) is 0 Å². The van der Waals surface area contributed by atoms with Crippen LogP contribution in [-0.4, -0.2) is 42.0 Å². The molecule has 2 aliphatic rings. The fraction of sp³-hybridized carbons (Fsp3) is 0.625. The molecule has 0 amide bonds. The summed E-state index contributed by atoms with van der Waals surface area (Å²) in [5.74, 6) is 0. The first-order valence-electron chi connectivity index (χ1n) is 7.42. The number of rotatable bonds is 3. The molecule has 2 nitrogen and oxygen atoms in total. The average molecular weight is 317 g/mol. The topological polar surface area (TPSA) is 6.48 Å². The number of benzene rings is 1. The highest BCUT2D eigenvalue weighted by molar-refractivity contribution is 5.85. The average Bonchev–Trinajstić information content (AvgIpc) is 2.95. The minimum Gasteiger partial charge on any atom is -0.300 e. The van der Waals surface area contributed by atoms with Gasteiger partial charge in [0.25, 0.3) is 0 Å². The van der Waals surface area contributed by atoms with E-state index in [0.717, 1.165) is 12.6 Å². The minimum atomic E-state index is 0. The lowest BCUT2D eigenvalue weighted by Crippen LogP contribution is -2.43. The van der Waals surface area contributed by atoms with Gasteiger partial charge < -0.3 is 4.90 Å². The summed E-state index contributed by atoms with van der Waals surface area (Å²) in [4.78, 5) is 5.34. The molecule has 1 aromatic carbocycles. The monoisotopic (exact) mass is 316 g/mol. The van der Waals surface area contributed by atoms with E-state index in [2.05, 4.69) is 40.1 Å². The van der Waals surface area contributed by atoms with E-state index >= 15 is 0 Å². The van der Waals surface area contributed by atoms with Gasteiger partial charge in [0.1, 0.15) is 0 Å². The van der Waals surface area contributed by atoms with Gasteiger partial charge in [-0.1, -0.05) is 30.3 Å². The Morgan fingerprint density at radius 1 is 0.850 bits per heavy atom. The summed E-state index contributed by atoms with van der Waals surface area (Å²) in [7, 11) is 0. The van der Waals surface area contributed by atoms with E-state index in [4.69, 9.17) is 0 Å². The summed E-state index contributed by atoms with van der Waals surface area (Å²) in [6.45, 7) is 6.38. The first kappa shape index (κ1) is 17.8. The molecule has 2 aliphatic heterocycles. The summed E-state index contributed by atoms with van der Waals surface area (Å²) >= 11 is 0. The van der Waals surface area contributed by atoms with Gasteiger partial charge in [-0.2, -0.15) is 0 Å². The Hall–Kier alpha value is -0.280. The third-order valence-electron chi connectivity index (χ3n) is 4.46. The molecule has 1 aromatic rings. The van der Waals surface area contributed by atoms with E-state index in [-0.39, 0.29) is 24.8 Å². The van der Waals surface area contributed by atoms with Gasteiger partial charge in [-0.15, -0.1) is 24.8 Å². The van der Waals surface area contributed by atoms with Gasteiger partial charge in [0.15, 0.2) is 0 Å². The highest BCUT2D eigenvalue weighted by atomic mass is 35.5. The van der Waals surface area contributed by atoms with Crippen molar-refractivity contribution >= 4 is 24.8 Å². The second kappa shape index (κ2) is 8.89. The molecule has 0 radical (unpaired) electrons. The fourth-order valence-electron chi connectivity index (χ4n) is 3.39. The van der Waals surface area contributed by atoms with E-state index in [0.29, 0.717) is 0 Å². The van der Waals surface area contributed by atoms with Crippen LogP contribution in [0.2, 0.25) is 0 Å². The van der Waals surface area contributed by atoms with Gasteiger partial charge in [-0.3, -0.25) is 4.90 Å². The maximum Gasteiger partial charge on any atom is 0.0233 e. The lowest BCUT2D eigenvalue weighted by Gasteiger charge is -2.36. The molecule has 0 bridgehead atoms. The third-order valence-corrected chi connectivity index (χ3v) is 4.46. The number of halogens is 2. The van der Waals surface area contributed by atoms with Gasteiger partial charge in [0.2, 0.25) is 0 Å². The Morgan fingerprint density at radius 3 is 2.05 bits per heavy atom. The normalized spacial score (nSPS) is 21.2. The van der Waals surface area contributed by atoms with Crippen LogP contribution in [0.15, 0.2) is 30.3 Å². The molecule has 0 atom stereocenters. The summed E-state index contributed by atoms with van der Waals surface area (Å²) in [5, 5.41) is 0. The molecule has 0 spiro atoms. The zero-order valence-corrected chi connectivity index (χ0v) is 13.7. The maximum atomic E-state index is 2.72. The van der Waals surface area contributed by atoms with Crippen LogP contribution >= 0.6 is 24.8 Å². The molecular formula is C16H26Cl2N2. The second-order valence-corrected chi connectivity index (χ2v) is 5.74. The predicted molar refractivity (Wildman–Crippen MR) is 90.0 cm³/mol. The van der Waals surface area contributed by atoms with Crippen LogP contribution in [0.1, 0.15) is 31.2 Å². The summed E-state index contributed by atoms with van der Waals surface area (Å²) in [5.41, 5.74) is 1.46. The second-order valence-electron chi connectivity index (χ2n) is 5.74. The highest BCUT2D eigenvalue weighted by Crippen LogP contribution is 2.21. The van der Waals surface area contributed by atoms with Crippen LogP contribution < -0.4 is 0 Å². The molecule has 2 saturated heterocycles. The first-order chi connectivity index (χ1) is 8.92. The number of hydrogen-bond donors (Lipinski definition) is 0. The third kappa shape index (κ3) is 4.63. The highest BCUT2D eigenvalue weighted by Gasteiger charge is 2.26. The van der Waals surface area contributed by atoms with Crippen LogP contribution in [0.4, 0.5) is 0 Å². The van der Waals surface area contributed by atoms with Crippen molar-refractivity contribution in [2.75, 3.05) is 26.2 Å². The van der Waals surface area contributed by atoms with Crippen molar-refractivity contribution in [3.8, 4) is 0 Å². The molecule has 114 valence electrons. The molecule has 0 N–H and O–H groups in total. The summed E-state index contributed by atoms with van der Waals surface area (Å²) < 4.78 is 0. The zero-order chi connectivity index (χ0) is 12.2. The lowest BCUT2D eigenvalue weighted by molar-refractivity contribution is 0.122. The van der Waals surface area contributed by atoms with Crippen molar-refractivity contribution in [2.24, 2.45) is 0 Å². The van der Waals surface area contributed by atoms with Crippen molar-refractivity contribution in [2.45, 2.75) is 38.3 Å². The van der Waals surface area contributed by atoms with Gasteiger partial charge >= 0.3 is 0 Å². The summed E-state index contributed by atoms with van der Waals surface area (Å²) in [6, 6.07) is 11.8. The van der Waals surface area contributed by atoms with Crippen LogP contribution in [0.5, 0.6) is 0 Å². The van der Waals surface area contributed by atoms with E-state index in [1.807, 2.05) is 0 Å². The quantitative estimate of drug-likeness (QED) is 0.840. The van der Waals surface area contributed by atoms with Crippen molar-refractivity contribution in [3.63, 3.8) is 0 Å². The molecule has 0 aromatic heterocycles. The van der Waals surface area contributed by atoms with Gasteiger partial charge in [0, 0.05) is 12.6 Å². The molecule has 2 heterocycles. The van der Waals surface area contributed by atoms with Gasteiger partial charge in [-0.25, -0.2) is 0 Å². The molecule has 4 heteroatoms. The van der Waals surface area contributed by atoms with E-state index < -0.39 is 0 Å². The van der Waals surface area contributed by atoms with Gasteiger partial charge in [-0.05, 0) is 57.4 Å². The van der Waals surface area contributed by atoms with Crippen LogP contribution in [-0.2, 0) is 6.54 Å². The van der Waals surface area contributed by atoms with E-state index in [1.165, 1.54) is 57.4 Å². The van der Waals surface area contributed by atoms with E-state index in [9.17, 15) is 0 Å². The molecular weight excluding hydrogens is 291 g/mol. The number of nitrogens with zero attached hydrogens (tertiary/aromatic N) is 2. The smallest absolute Gasteiger partial charge is 0.0233 e. The Bertz CT molecular complexity index is 358. The first-order valence-corrected chi connectivity index (χ1v) is 7.42. The Balaban J connectivity index is 0.000001000. The predicted octanol–water partition coefficient (Wildman–Crippen LogP) is 3.59. The van der Waals surface area contributed by atoms with E-state index in [1.54, 1.807) is 0 Å². The number of hydrogen-bond acceptors (Lipinski definition) is 2. The Morgan fingerprint density at radius 2 is 1.45 bits per heavy atom. The Labute approximate surface area is 135 Å². The molecule has 0 saturated carbocycles.